The lowest BCUT2D eigenvalue weighted by Gasteiger charge is -2.39. The number of carboxylic acid groups (broad SMARTS) is 1. The van der Waals surface area contributed by atoms with E-state index in [1.807, 2.05) is 25.1 Å². The first-order valence-electron chi connectivity index (χ1n) is 15.3. The molecule has 6 rings (SSSR count). The van der Waals surface area contributed by atoms with E-state index in [0.29, 0.717) is 5.56 Å². The maximum atomic E-state index is 13.9. The zero-order valence-corrected chi connectivity index (χ0v) is 25.8. The van der Waals surface area contributed by atoms with E-state index in [1.54, 1.807) is 17.8 Å². The lowest BCUT2D eigenvalue weighted by atomic mass is 9.98. The van der Waals surface area contributed by atoms with E-state index in [2.05, 4.69) is 58.0 Å². The van der Waals surface area contributed by atoms with Gasteiger partial charge < -0.3 is 19.6 Å². The number of benzene rings is 2. The Kier molecular flexibility index (Phi) is 9.02. The van der Waals surface area contributed by atoms with Crippen molar-refractivity contribution < 1.29 is 19.4 Å². The molecule has 0 aliphatic carbocycles. The van der Waals surface area contributed by atoms with Crippen LogP contribution < -0.4 is 0 Å². The van der Waals surface area contributed by atoms with Gasteiger partial charge in [0.25, 0.3) is 0 Å². The minimum Gasteiger partial charge on any atom is -0.478 e. The van der Waals surface area contributed by atoms with Crippen molar-refractivity contribution in [1.29, 1.82) is 0 Å². The van der Waals surface area contributed by atoms with E-state index in [4.69, 9.17) is 9.72 Å². The number of urea groups is 1. The van der Waals surface area contributed by atoms with Gasteiger partial charge in [-0.15, -0.1) is 0 Å². The SMILES string of the molecule is Cc1cc(Sc2ccc(CN3CCC(N4C(=O)N(C5CCOCC5)C[C@H]4c4ccccc4)CC3)c(C)n2)ccc1C(=O)O. The van der Waals surface area contributed by atoms with E-state index in [9.17, 15) is 14.7 Å². The number of pyridine rings is 1. The van der Waals surface area contributed by atoms with Crippen molar-refractivity contribution in [2.75, 3.05) is 32.8 Å². The molecule has 1 N–H and O–H groups in total. The molecule has 0 unspecified atom stereocenters. The molecule has 2 amide bonds. The fourth-order valence-corrected chi connectivity index (χ4v) is 7.67. The molecule has 3 saturated heterocycles. The van der Waals surface area contributed by atoms with Crippen LogP contribution >= 0.6 is 11.8 Å². The third-order valence-corrected chi connectivity index (χ3v) is 10.1. The van der Waals surface area contributed by atoms with Gasteiger partial charge in [-0.2, -0.15) is 0 Å². The second-order valence-corrected chi connectivity index (χ2v) is 13.0. The Bertz CT molecular complexity index is 1450. The molecule has 3 fully saturated rings. The number of aromatic nitrogens is 1. The van der Waals surface area contributed by atoms with Gasteiger partial charge in [0.1, 0.15) is 5.03 Å². The Morgan fingerprint density at radius 3 is 2.40 bits per heavy atom. The van der Waals surface area contributed by atoms with E-state index in [1.165, 1.54) is 11.1 Å². The van der Waals surface area contributed by atoms with Gasteiger partial charge in [0, 0.05) is 62.1 Å². The van der Waals surface area contributed by atoms with Gasteiger partial charge in [-0.3, -0.25) is 4.90 Å². The normalized spacial score (nSPS) is 20.6. The second-order valence-electron chi connectivity index (χ2n) is 11.9. The number of aromatic carboxylic acids is 1. The monoisotopic (exact) mass is 600 g/mol. The highest BCUT2D eigenvalue weighted by Crippen LogP contribution is 2.37. The van der Waals surface area contributed by atoms with Crippen molar-refractivity contribution >= 4 is 23.8 Å². The predicted molar refractivity (Wildman–Crippen MR) is 166 cm³/mol. The average molecular weight is 601 g/mol. The number of rotatable bonds is 8. The molecular formula is C34H40N4O4S. The fourth-order valence-electron chi connectivity index (χ4n) is 6.74. The number of nitrogens with zero attached hydrogens (tertiary/aromatic N) is 4. The minimum atomic E-state index is -0.906. The maximum Gasteiger partial charge on any atom is 0.335 e. The lowest BCUT2D eigenvalue weighted by Crippen LogP contribution is -2.48. The zero-order chi connectivity index (χ0) is 29.9. The van der Waals surface area contributed by atoms with Gasteiger partial charge in [0.15, 0.2) is 0 Å². The molecule has 4 heterocycles. The quantitative estimate of drug-likeness (QED) is 0.331. The van der Waals surface area contributed by atoms with Gasteiger partial charge >= 0.3 is 12.0 Å². The van der Waals surface area contributed by atoms with Crippen LogP contribution in [-0.2, 0) is 11.3 Å². The number of likely N-dealkylation sites (tertiary alicyclic amines) is 1. The van der Waals surface area contributed by atoms with Crippen molar-refractivity contribution in [3.63, 3.8) is 0 Å². The summed E-state index contributed by atoms with van der Waals surface area (Å²) >= 11 is 1.55. The zero-order valence-electron chi connectivity index (χ0n) is 24.9. The number of carboxylic acids is 1. The summed E-state index contributed by atoms with van der Waals surface area (Å²) in [6.07, 6.45) is 3.76. The lowest BCUT2D eigenvalue weighted by molar-refractivity contribution is 0.0493. The molecule has 8 nitrogen and oxygen atoms in total. The summed E-state index contributed by atoms with van der Waals surface area (Å²) in [5, 5.41) is 10.2. The Labute approximate surface area is 258 Å². The van der Waals surface area contributed by atoms with Crippen molar-refractivity contribution in [1.82, 2.24) is 19.7 Å². The molecule has 3 aromatic rings. The third-order valence-electron chi connectivity index (χ3n) is 9.15. The first-order valence-corrected chi connectivity index (χ1v) is 16.1. The van der Waals surface area contributed by atoms with Crippen molar-refractivity contribution in [3.8, 4) is 0 Å². The van der Waals surface area contributed by atoms with E-state index in [-0.39, 0.29) is 24.2 Å². The van der Waals surface area contributed by atoms with Crippen molar-refractivity contribution in [2.45, 2.75) is 74.1 Å². The first-order chi connectivity index (χ1) is 20.9. The number of carbonyl (C=O) groups is 2. The molecule has 0 bridgehead atoms. The molecule has 3 aliphatic rings. The highest BCUT2D eigenvalue weighted by molar-refractivity contribution is 7.99. The second kappa shape index (κ2) is 13.1. The number of piperidine rings is 1. The number of hydrogen-bond donors (Lipinski definition) is 1. The Morgan fingerprint density at radius 2 is 1.72 bits per heavy atom. The molecule has 226 valence electrons. The van der Waals surface area contributed by atoms with E-state index in [0.717, 1.165) is 86.3 Å². The van der Waals surface area contributed by atoms with Crippen LogP contribution in [0, 0.1) is 13.8 Å². The summed E-state index contributed by atoms with van der Waals surface area (Å²) in [7, 11) is 0. The average Bonchev–Trinajstić information content (AvgIpc) is 3.36. The Balaban J connectivity index is 1.09. The summed E-state index contributed by atoms with van der Waals surface area (Å²) in [6.45, 7) is 8.83. The summed E-state index contributed by atoms with van der Waals surface area (Å²) < 4.78 is 5.59. The third kappa shape index (κ3) is 6.59. The standard InChI is InChI=1S/C34H40N4O4S/c1-23-20-29(9-10-30(23)33(39)40)43-32-11-8-26(24(2)35-32)21-36-16-12-28(13-17-36)38-31(25-6-4-3-5-7-25)22-37(34(38)41)27-14-18-42-19-15-27/h3-11,20,27-28,31H,12-19,21-22H2,1-2H3,(H,39,40)/t31-/m0/s1. The molecule has 2 aromatic carbocycles. The number of hydrogen-bond acceptors (Lipinski definition) is 6. The molecule has 43 heavy (non-hydrogen) atoms. The molecule has 1 atom stereocenters. The summed E-state index contributed by atoms with van der Waals surface area (Å²) in [4.78, 5) is 37.9. The van der Waals surface area contributed by atoms with Crippen LogP contribution in [0.25, 0.3) is 0 Å². The van der Waals surface area contributed by atoms with Crippen LogP contribution in [0.4, 0.5) is 4.79 Å². The van der Waals surface area contributed by atoms with Gasteiger partial charge in [0.2, 0.25) is 0 Å². The first kappa shape index (κ1) is 29.7. The largest absolute Gasteiger partial charge is 0.478 e. The number of aryl methyl sites for hydroxylation is 2. The van der Waals surface area contributed by atoms with E-state index < -0.39 is 5.97 Å². The van der Waals surface area contributed by atoms with Crippen LogP contribution in [0.2, 0.25) is 0 Å². The van der Waals surface area contributed by atoms with Crippen molar-refractivity contribution in [3.05, 3.63) is 88.6 Å². The summed E-state index contributed by atoms with van der Waals surface area (Å²) in [5.41, 5.74) is 4.52. The molecule has 1 aromatic heterocycles. The van der Waals surface area contributed by atoms with Crippen LogP contribution in [0.5, 0.6) is 0 Å². The van der Waals surface area contributed by atoms with Crippen LogP contribution in [-0.4, -0.2) is 81.7 Å². The predicted octanol–water partition coefficient (Wildman–Crippen LogP) is 6.17. The fraction of sp³-hybridized carbons (Fsp3) is 0.441. The molecule has 0 radical (unpaired) electrons. The maximum absolute atomic E-state index is 13.9. The molecule has 0 spiro atoms. The smallest absolute Gasteiger partial charge is 0.335 e. The van der Waals surface area contributed by atoms with Gasteiger partial charge in [-0.1, -0.05) is 48.2 Å². The molecule has 0 saturated carbocycles. The number of carbonyl (C=O) groups excluding carboxylic acids is 1. The van der Waals surface area contributed by atoms with Crippen molar-refractivity contribution in [2.24, 2.45) is 0 Å². The summed E-state index contributed by atoms with van der Waals surface area (Å²) in [6, 6.07) is 20.9. The number of ether oxygens (including phenoxy) is 1. The highest BCUT2D eigenvalue weighted by atomic mass is 32.2. The Morgan fingerprint density at radius 1 is 0.977 bits per heavy atom. The van der Waals surface area contributed by atoms with Crippen LogP contribution in [0.3, 0.4) is 0 Å². The minimum absolute atomic E-state index is 0.0914. The summed E-state index contributed by atoms with van der Waals surface area (Å²) in [5.74, 6) is -0.906. The molecule has 3 aliphatic heterocycles. The van der Waals surface area contributed by atoms with Gasteiger partial charge in [-0.25, -0.2) is 14.6 Å². The topological polar surface area (TPSA) is 86.2 Å². The number of amides is 2. The van der Waals surface area contributed by atoms with E-state index >= 15 is 0 Å². The van der Waals surface area contributed by atoms with Crippen LogP contribution in [0.1, 0.15) is 64.5 Å². The van der Waals surface area contributed by atoms with Crippen LogP contribution in [0.15, 0.2) is 70.6 Å². The highest BCUT2D eigenvalue weighted by Gasteiger charge is 2.45. The van der Waals surface area contributed by atoms with Gasteiger partial charge in [-0.05, 0) is 80.5 Å². The Hall–Kier alpha value is -3.40. The molecule has 9 heteroatoms. The van der Waals surface area contributed by atoms with Gasteiger partial charge in [0.05, 0.1) is 11.6 Å². The molecular weight excluding hydrogens is 560 g/mol.